The highest BCUT2D eigenvalue weighted by Gasteiger charge is 2.29. The Morgan fingerprint density at radius 1 is 1.47 bits per heavy atom. The molecule has 1 saturated heterocycles. The predicted octanol–water partition coefficient (Wildman–Crippen LogP) is 2.78. The van der Waals surface area contributed by atoms with Gasteiger partial charge in [0.1, 0.15) is 0 Å². The first kappa shape index (κ1) is 13.3. The van der Waals surface area contributed by atoms with Crippen LogP contribution >= 0.6 is 23.5 Å². The standard InChI is InChI=1S/C12H20OS2/c1-4-5-6-7-11(13)12-8-14-9(2)10(3)15-12/h1,9-13H,5-8H2,2-3H3. The summed E-state index contributed by atoms with van der Waals surface area (Å²) in [4.78, 5) is 0. The van der Waals surface area contributed by atoms with Gasteiger partial charge in [-0.25, -0.2) is 0 Å². The highest BCUT2D eigenvalue weighted by atomic mass is 32.2. The van der Waals surface area contributed by atoms with Gasteiger partial charge in [0, 0.05) is 27.9 Å². The first-order chi connectivity index (χ1) is 7.15. The summed E-state index contributed by atoms with van der Waals surface area (Å²) in [5.74, 6) is 3.70. The number of aliphatic hydroxyl groups is 1. The SMILES string of the molecule is C#CCCCC(O)C1CSC(C)C(C)S1. The van der Waals surface area contributed by atoms with Gasteiger partial charge in [-0.3, -0.25) is 0 Å². The summed E-state index contributed by atoms with van der Waals surface area (Å²) in [5.41, 5.74) is 0. The largest absolute Gasteiger partial charge is 0.392 e. The quantitative estimate of drug-likeness (QED) is 0.606. The lowest BCUT2D eigenvalue weighted by Crippen LogP contribution is -2.34. The molecular formula is C12H20OS2. The summed E-state index contributed by atoms with van der Waals surface area (Å²) in [6.45, 7) is 4.52. The molecule has 0 amide bonds. The van der Waals surface area contributed by atoms with Crippen LogP contribution in [0, 0.1) is 12.3 Å². The Morgan fingerprint density at radius 2 is 2.20 bits per heavy atom. The van der Waals surface area contributed by atoms with E-state index in [0.717, 1.165) is 25.0 Å². The fourth-order valence-corrected chi connectivity index (χ4v) is 4.66. The highest BCUT2D eigenvalue weighted by molar-refractivity contribution is 8.07. The molecule has 0 saturated carbocycles. The summed E-state index contributed by atoms with van der Waals surface area (Å²) in [5, 5.41) is 11.8. The summed E-state index contributed by atoms with van der Waals surface area (Å²) >= 11 is 3.92. The Morgan fingerprint density at radius 3 is 2.80 bits per heavy atom. The molecule has 3 heteroatoms. The molecule has 0 aliphatic carbocycles. The Kier molecular flexibility index (Phi) is 5.96. The van der Waals surface area contributed by atoms with E-state index in [1.807, 2.05) is 23.5 Å². The maximum Gasteiger partial charge on any atom is 0.0667 e. The van der Waals surface area contributed by atoms with Crippen molar-refractivity contribution in [3.05, 3.63) is 0 Å². The predicted molar refractivity (Wildman–Crippen MR) is 71.5 cm³/mol. The number of hydrogen-bond donors (Lipinski definition) is 1. The lowest BCUT2D eigenvalue weighted by molar-refractivity contribution is 0.164. The summed E-state index contributed by atoms with van der Waals surface area (Å²) in [6.07, 6.45) is 7.60. The molecule has 0 spiro atoms. The van der Waals surface area contributed by atoms with Gasteiger partial charge in [-0.15, -0.1) is 12.3 Å². The van der Waals surface area contributed by atoms with Crippen LogP contribution in [0.5, 0.6) is 0 Å². The maximum atomic E-state index is 10.0. The van der Waals surface area contributed by atoms with Crippen LogP contribution < -0.4 is 0 Å². The summed E-state index contributed by atoms with van der Waals surface area (Å²) < 4.78 is 0. The van der Waals surface area contributed by atoms with Crippen molar-refractivity contribution in [2.45, 2.75) is 55.0 Å². The maximum absolute atomic E-state index is 10.0. The fraction of sp³-hybridized carbons (Fsp3) is 0.833. The van der Waals surface area contributed by atoms with E-state index in [4.69, 9.17) is 6.42 Å². The highest BCUT2D eigenvalue weighted by Crippen LogP contribution is 2.37. The van der Waals surface area contributed by atoms with Gasteiger partial charge in [0.05, 0.1) is 6.10 Å². The van der Waals surface area contributed by atoms with Crippen molar-refractivity contribution in [2.24, 2.45) is 0 Å². The number of thioether (sulfide) groups is 2. The molecule has 1 heterocycles. The summed E-state index contributed by atoms with van der Waals surface area (Å²) in [6, 6.07) is 0. The average Bonchev–Trinajstić information content (AvgIpc) is 2.22. The second kappa shape index (κ2) is 6.73. The molecule has 4 atom stereocenters. The van der Waals surface area contributed by atoms with Crippen LogP contribution in [0.2, 0.25) is 0 Å². The number of rotatable bonds is 4. The van der Waals surface area contributed by atoms with Crippen LogP contribution in [0.15, 0.2) is 0 Å². The molecule has 1 nitrogen and oxygen atoms in total. The van der Waals surface area contributed by atoms with E-state index in [-0.39, 0.29) is 6.10 Å². The third-order valence-electron chi connectivity index (χ3n) is 2.82. The van der Waals surface area contributed by atoms with Crippen LogP contribution in [0.4, 0.5) is 0 Å². The van der Waals surface area contributed by atoms with Gasteiger partial charge in [0.25, 0.3) is 0 Å². The van der Waals surface area contributed by atoms with E-state index in [0.29, 0.717) is 15.7 Å². The fourth-order valence-electron chi connectivity index (χ4n) is 1.61. The average molecular weight is 244 g/mol. The van der Waals surface area contributed by atoms with Crippen molar-refractivity contribution >= 4 is 23.5 Å². The Balaban J connectivity index is 2.28. The van der Waals surface area contributed by atoms with Gasteiger partial charge in [0.2, 0.25) is 0 Å². The lowest BCUT2D eigenvalue weighted by atomic mass is 10.1. The smallest absolute Gasteiger partial charge is 0.0667 e. The van der Waals surface area contributed by atoms with E-state index in [9.17, 15) is 5.11 Å². The van der Waals surface area contributed by atoms with Crippen molar-refractivity contribution in [2.75, 3.05) is 5.75 Å². The molecule has 1 fully saturated rings. The van der Waals surface area contributed by atoms with Crippen LogP contribution in [-0.2, 0) is 0 Å². The molecule has 4 unspecified atom stereocenters. The Labute approximate surface area is 102 Å². The third-order valence-corrected chi connectivity index (χ3v) is 6.36. The molecule has 86 valence electrons. The minimum atomic E-state index is -0.175. The monoisotopic (exact) mass is 244 g/mol. The third kappa shape index (κ3) is 4.30. The van der Waals surface area contributed by atoms with Crippen molar-refractivity contribution < 1.29 is 5.11 Å². The Hall–Kier alpha value is 0.220. The normalized spacial score (nSPS) is 33.3. The topological polar surface area (TPSA) is 20.2 Å². The zero-order valence-electron chi connectivity index (χ0n) is 9.48. The molecule has 1 N–H and O–H groups in total. The Bertz CT molecular complexity index is 224. The van der Waals surface area contributed by atoms with E-state index >= 15 is 0 Å². The minimum Gasteiger partial charge on any atom is -0.392 e. The summed E-state index contributed by atoms with van der Waals surface area (Å²) in [7, 11) is 0. The second-order valence-corrected chi connectivity index (χ2v) is 7.11. The minimum absolute atomic E-state index is 0.175. The van der Waals surface area contributed by atoms with E-state index in [2.05, 4.69) is 19.8 Å². The first-order valence-corrected chi connectivity index (χ1v) is 7.53. The molecule has 0 aromatic carbocycles. The van der Waals surface area contributed by atoms with Crippen LogP contribution in [0.25, 0.3) is 0 Å². The molecule has 0 aromatic heterocycles. The van der Waals surface area contributed by atoms with E-state index in [1.165, 1.54) is 0 Å². The molecule has 1 rings (SSSR count). The molecule has 0 radical (unpaired) electrons. The lowest BCUT2D eigenvalue weighted by Gasteiger charge is -2.33. The molecule has 15 heavy (non-hydrogen) atoms. The van der Waals surface area contributed by atoms with Crippen molar-refractivity contribution in [1.82, 2.24) is 0 Å². The van der Waals surface area contributed by atoms with Gasteiger partial charge in [-0.05, 0) is 12.8 Å². The number of unbranched alkanes of at least 4 members (excludes halogenated alkanes) is 1. The zero-order valence-corrected chi connectivity index (χ0v) is 11.1. The zero-order chi connectivity index (χ0) is 11.3. The number of aliphatic hydroxyl groups excluding tert-OH is 1. The van der Waals surface area contributed by atoms with Crippen molar-refractivity contribution in [1.29, 1.82) is 0 Å². The van der Waals surface area contributed by atoms with Gasteiger partial charge >= 0.3 is 0 Å². The van der Waals surface area contributed by atoms with E-state index < -0.39 is 0 Å². The van der Waals surface area contributed by atoms with Gasteiger partial charge in [-0.1, -0.05) is 13.8 Å². The van der Waals surface area contributed by atoms with Crippen LogP contribution in [0.3, 0.4) is 0 Å². The van der Waals surface area contributed by atoms with Crippen molar-refractivity contribution in [3.63, 3.8) is 0 Å². The van der Waals surface area contributed by atoms with Crippen LogP contribution in [0.1, 0.15) is 33.1 Å². The molecule has 0 bridgehead atoms. The molecule has 1 aliphatic heterocycles. The molecular weight excluding hydrogens is 224 g/mol. The van der Waals surface area contributed by atoms with Gasteiger partial charge in [0.15, 0.2) is 0 Å². The van der Waals surface area contributed by atoms with Crippen LogP contribution in [-0.4, -0.2) is 32.7 Å². The van der Waals surface area contributed by atoms with Crippen molar-refractivity contribution in [3.8, 4) is 12.3 Å². The van der Waals surface area contributed by atoms with Gasteiger partial charge < -0.3 is 5.11 Å². The number of hydrogen-bond acceptors (Lipinski definition) is 3. The van der Waals surface area contributed by atoms with E-state index in [1.54, 1.807) is 0 Å². The number of terminal acetylenes is 1. The first-order valence-electron chi connectivity index (χ1n) is 5.53. The van der Waals surface area contributed by atoms with Gasteiger partial charge in [-0.2, -0.15) is 23.5 Å². The molecule has 0 aromatic rings. The second-order valence-electron chi connectivity index (χ2n) is 4.08. The molecule has 1 aliphatic rings.